The van der Waals surface area contributed by atoms with Crippen LogP contribution in [0.1, 0.15) is 35.2 Å². The molecule has 2 aromatic rings. The van der Waals surface area contributed by atoms with Gasteiger partial charge in [0.25, 0.3) is 5.91 Å². The van der Waals surface area contributed by atoms with Crippen LogP contribution >= 0.6 is 0 Å². The van der Waals surface area contributed by atoms with Crippen LogP contribution in [-0.2, 0) is 6.54 Å². The molecule has 0 aromatic heterocycles. The van der Waals surface area contributed by atoms with E-state index in [4.69, 9.17) is 0 Å². The number of carbonyl (C=O) groups excluding carboxylic acids is 2. The lowest BCUT2D eigenvalue weighted by molar-refractivity contribution is 0.0724. The third kappa shape index (κ3) is 4.63. The maximum atomic E-state index is 12.6. The van der Waals surface area contributed by atoms with Gasteiger partial charge in [0.2, 0.25) is 0 Å². The number of urea groups is 1. The van der Waals surface area contributed by atoms with Crippen molar-refractivity contribution in [3.05, 3.63) is 65.7 Å². The molecule has 1 aliphatic heterocycles. The Kier molecular flexibility index (Phi) is 5.89. The number of hydrogen-bond donors (Lipinski definition) is 1. The molecule has 0 spiro atoms. The highest BCUT2D eigenvalue weighted by molar-refractivity contribution is 5.97. The second-order valence-electron chi connectivity index (χ2n) is 6.71. The lowest BCUT2D eigenvalue weighted by Gasteiger charge is -2.27. The lowest BCUT2D eigenvalue weighted by atomic mass is 10.1. The molecule has 5 nitrogen and oxygen atoms in total. The molecule has 2 aromatic carbocycles. The van der Waals surface area contributed by atoms with E-state index in [2.05, 4.69) is 5.32 Å². The second kappa shape index (κ2) is 8.52. The summed E-state index contributed by atoms with van der Waals surface area (Å²) < 4.78 is 0. The zero-order valence-electron chi connectivity index (χ0n) is 15.1. The highest BCUT2D eigenvalue weighted by Crippen LogP contribution is 2.17. The van der Waals surface area contributed by atoms with E-state index in [-0.39, 0.29) is 11.9 Å². The number of nitrogens with one attached hydrogen (secondary N) is 1. The number of nitrogens with zero attached hydrogens (tertiary/aromatic N) is 2. The molecular formula is C21H25N3O2. The topological polar surface area (TPSA) is 52.7 Å². The van der Waals surface area contributed by atoms with Crippen molar-refractivity contribution in [2.45, 2.75) is 25.8 Å². The van der Waals surface area contributed by atoms with E-state index in [1.807, 2.05) is 41.3 Å². The van der Waals surface area contributed by atoms with Gasteiger partial charge in [-0.15, -0.1) is 0 Å². The molecule has 0 atom stereocenters. The maximum absolute atomic E-state index is 12.6. The van der Waals surface area contributed by atoms with E-state index >= 15 is 0 Å². The normalized spacial score (nSPS) is 14.0. The van der Waals surface area contributed by atoms with Crippen LogP contribution in [0.3, 0.4) is 0 Å². The van der Waals surface area contributed by atoms with Crippen molar-refractivity contribution in [1.82, 2.24) is 9.80 Å². The molecule has 1 heterocycles. The van der Waals surface area contributed by atoms with Gasteiger partial charge in [0.05, 0.1) is 0 Å². The highest BCUT2D eigenvalue weighted by atomic mass is 16.2. The van der Waals surface area contributed by atoms with Gasteiger partial charge >= 0.3 is 6.03 Å². The molecule has 1 N–H and O–H groups in total. The molecule has 0 bridgehead atoms. The fourth-order valence-corrected chi connectivity index (χ4v) is 3.16. The maximum Gasteiger partial charge on any atom is 0.321 e. The summed E-state index contributed by atoms with van der Waals surface area (Å²) in [6.45, 7) is 2.16. The summed E-state index contributed by atoms with van der Waals surface area (Å²) >= 11 is 0. The average Bonchev–Trinajstić information content (AvgIpc) is 2.69. The molecule has 1 fully saturated rings. The number of carbonyl (C=O) groups is 2. The Morgan fingerprint density at radius 2 is 1.73 bits per heavy atom. The zero-order valence-corrected chi connectivity index (χ0v) is 15.1. The number of hydrogen-bond acceptors (Lipinski definition) is 2. The summed E-state index contributed by atoms with van der Waals surface area (Å²) in [5.74, 6) is 0.0402. The molecule has 0 unspecified atom stereocenters. The van der Waals surface area contributed by atoms with Gasteiger partial charge in [-0.3, -0.25) is 4.79 Å². The van der Waals surface area contributed by atoms with Crippen molar-refractivity contribution in [2.75, 3.05) is 25.5 Å². The number of rotatable bonds is 4. The predicted octanol–water partition coefficient (Wildman–Crippen LogP) is 3.98. The Morgan fingerprint density at radius 3 is 2.46 bits per heavy atom. The summed E-state index contributed by atoms with van der Waals surface area (Å²) in [6.07, 6.45) is 3.31. The number of benzene rings is 2. The van der Waals surface area contributed by atoms with Crippen LogP contribution in [-0.4, -0.2) is 41.9 Å². The first-order valence-corrected chi connectivity index (χ1v) is 9.09. The minimum Gasteiger partial charge on any atom is -0.339 e. The van der Waals surface area contributed by atoms with Crippen molar-refractivity contribution in [2.24, 2.45) is 0 Å². The van der Waals surface area contributed by atoms with Crippen molar-refractivity contribution in [3.8, 4) is 0 Å². The summed E-state index contributed by atoms with van der Waals surface area (Å²) in [4.78, 5) is 28.5. The van der Waals surface area contributed by atoms with Gasteiger partial charge in [-0.25, -0.2) is 4.79 Å². The third-order valence-corrected chi connectivity index (χ3v) is 4.61. The zero-order chi connectivity index (χ0) is 18.4. The van der Waals surface area contributed by atoms with Crippen molar-refractivity contribution in [1.29, 1.82) is 0 Å². The molecular weight excluding hydrogens is 326 g/mol. The second-order valence-corrected chi connectivity index (χ2v) is 6.71. The van der Waals surface area contributed by atoms with Crippen LogP contribution in [0.2, 0.25) is 0 Å². The number of amides is 3. The Hall–Kier alpha value is -2.82. The highest BCUT2D eigenvalue weighted by Gasteiger charge is 2.18. The van der Waals surface area contributed by atoms with E-state index in [9.17, 15) is 9.59 Å². The van der Waals surface area contributed by atoms with Crippen molar-refractivity contribution < 1.29 is 9.59 Å². The molecule has 26 heavy (non-hydrogen) atoms. The molecule has 1 saturated heterocycles. The molecule has 0 radical (unpaired) electrons. The average molecular weight is 351 g/mol. The first-order chi connectivity index (χ1) is 12.6. The van der Waals surface area contributed by atoms with Crippen LogP contribution in [0, 0.1) is 0 Å². The lowest BCUT2D eigenvalue weighted by Crippen LogP contribution is -2.35. The van der Waals surface area contributed by atoms with Crippen LogP contribution in [0.5, 0.6) is 0 Å². The van der Waals surface area contributed by atoms with Gasteiger partial charge in [-0.1, -0.05) is 36.4 Å². The van der Waals surface area contributed by atoms with Gasteiger partial charge in [0.1, 0.15) is 0 Å². The first-order valence-electron chi connectivity index (χ1n) is 9.09. The minimum atomic E-state index is -0.198. The Balaban J connectivity index is 1.62. The molecule has 136 valence electrons. The van der Waals surface area contributed by atoms with E-state index < -0.39 is 0 Å². The number of likely N-dealkylation sites (tertiary alicyclic amines) is 1. The van der Waals surface area contributed by atoms with E-state index in [0.29, 0.717) is 17.8 Å². The fraction of sp³-hybridized carbons (Fsp3) is 0.333. The van der Waals surface area contributed by atoms with Gasteiger partial charge in [-0.2, -0.15) is 0 Å². The van der Waals surface area contributed by atoms with Crippen LogP contribution in [0.4, 0.5) is 10.5 Å². The Labute approximate surface area is 154 Å². The minimum absolute atomic E-state index is 0.0402. The molecule has 0 aliphatic carbocycles. The van der Waals surface area contributed by atoms with Gasteiger partial charge < -0.3 is 15.1 Å². The van der Waals surface area contributed by atoms with Crippen molar-refractivity contribution in [3.63, 3.8) is 0 Å². The van der Waals surface area contributed by atoms with Crippen LogP contribution in [0.15, 0.2) is 54.6 Å². The summed E-state index contributed by atoms with van der Waals surface area (Å²) in [5.41, 5.74) is 2.33. The first kappa shape index (κ1) is 18.0. The van der Waals surface area contributed by atoms with Gasteiger partial charge in [-0.05, 0) is 43.0 Å². The van der Waals surface area contributed by atoms with E-state index in [1.165, 1.54) is 6.42 Å². The molecule has 1 aliphatic rings. The van der Waals surface area contributed by atoms with E-state index in [1.54, 1.807) is 30.1 Å². The largest absolute Gasteiger partial charge is 0.339 e. The van der Waals surface area contributed by atoms with Crippen LogP contribution in [0.25, 0.3) is 0 Å². The SMILES string of the molecule is CN(Cc1ccccc1)C(=O)Nc1cccc(C(=O)N2CCCCC2)c1. The smallest absolute Gasteiger partial charge is 0.321 e. The van der Waals surface area contributed by atoms with Gasteiger partial charge in [0, 0.05) is 37.9 Å². The van der Waals surface area contributed by atoms with Gasteiger partial charge in [0.15, 0.2) is 0 Å². The number of piperidine rings is 1. The molecule has 3 amide bonds. The van der Waals surface area contributed by atoms with Crippen molar-refractivity contribution >= 4 is 17.6 Å². The monoisotopic (exact) mass is 351 g/mol. The van der Waals surface area contributed by atoms with E-state index in [0.717, 1.165) is 31.5 Å². The Bertz CT molecular complexity index is 755. The molecule has 5 heteroatoms. The molecule has 3 rings (SSSR count). The fourth-order valence-electron chi connectivity index (χ4n) is 3.16. The summed E-state index contributed by atoms with van der Waals surface area (Å²) in [6, 6.07) is 16.8. The quantitative estimate of drug-likeness (QED) is 0.906. The predicted molar refractivity (Wildman–Crippen MR) is 103 cm³/mol. The standard InChI is InChI=1S/C21H25N3O2/c1-23(16-17-9-4-2-5-10-17)21(26)22-19-12-8-11-18(15-19)20(25)24-13-6-3-7-14-24/h2,4-5,8-12,15H,3,6-7,13-14,16H2,1H3,(H,22,26). The Morgan fingerprint density at radius 1 is 1.00 bits per heavy atom. The summed E-state index contributed by atoms with van der Waals surface area (Å²) in [5, 5.41) is 2.88. The third-order valence-electron chi connectivity index (χ3n) is 4.61. The summed E-state index contributed by atoms with van der Waals surface area (Å²) in [7, 11) is 1.76. The number of anilines is 1. The van der Waals surface area contributed by atoms with Crippen LogP contribution < -0.4 is 5.32 Å². The molecule has 0 saturated carbocycles.